The van der Waals surface area contributed by atoms with Gasteiger partial charge in [-0.25, -0.2) is 4.79 Å². The number of hydrogen-bond acceptors (Lipinski definition) is 6. The van der Waals surface area contributed by atoms with Crippen molar-refractivity contribution in [2.24, 2.45) is 0 Å². The van der Waals surface area contributed by atoms with E-state index < -0.39 is 5.97 Å². The third kappa shape index (κ3) is 4.14. The van der Waals surface area contributed by atoms with Gasteiger partial charge in [-0.15, -0.1) is 11.3 Å². The molecule has 0 aliphatic carbocycles. The summed E-state index contributed by atoms with van der Waals surface area (Å²) in [6.45, 7) is 1.97. The Labute approximate surface area is 130 Å². The predicted molar refractivity (Wildman–Crippen MR) is 82.7 cm³/mol. The molecule has 2 rings (SSSR count). The van der Waals surface area contributed by atoms with Crippen molar-refractivity contribution < 1.29 is 18.7 Å². The minimum absolute atomic E-state index is 0.0618. The summed E-state index contributed by atoms with van der Waals surface area (Å²) >= 11 is 6.31. The van der Waals surface area contributed by atoms with Crippen molar-refractivity contribution in [2.45, 2.75) is 6.92 Å². The lowest BCUT2D eigenvalue weighted by molar-refractivity contribution is 0.0491. The molecule has 0 saturated heterocycles. The number of furan rings is 1. The Morgan fingerprint density at radius 3 is 2.86 bits per heavy atom. The van der Waals surface area contributed by atoms with E-state index >= 15 is 0 Å². The Bertz CT molecular complexity index is 649. The van der Waals surface area contributed by atoms with E-state index in [0.29, 0.717) is 4.88 Å². The van der Waals surface area contributed by atoms with Gasteiger partial charge in [-0.2, -0.15) is 0 Å². The second kappa shape index (κ2) is 7.00. The number of thiophene rings is 1. The molecule has 0 unspecified atom stereocenters. The van der Waals surface area contributed by atoms with E-state index in [9.17, 15) is 9.59 Å². The first-order valence-corrected chi connectivity index (χ1v) is 7.31. The number of ether oxygens (including phenoxy) is 1. The Hall–Kier alpha value is -2.19. The molecule has 110 valence electrons. The molecule has 8 heteroatoms. The molecule has 6 nitrogen and oxygen atoms in total. The van der Waals surface area contributed by atoms with Gasteiger partial charge in [0.15, 0.2) is 11.0 Å². The van der Waals surface area contributed by atoms with Crippen molar-refractivity contribution in [3.63, 3.8) is 0 Å². The van der Waals surface area contributed by atoms with Crippen LogP contribution in [0.15, 0.2) is 34.1 Å². The highest BCUT2D eigenvalue weighted by Gasteiger charge is 2.14. The molecule has 2 aromatic rings. The molecular formula is C13H12N2O4S2. The summed E-state index contributed by atoms with van der Waals surface area (Å²) in [5.74, 6) is -0.556. The van der Waals surface area contributed by atoms with E-state index in [0.717, 1.165) is 0 Å². The molecule has 0 aliphatic rings. The molecule has 0 fully saturated rings. The Morgan fingerprint density at radius 2 is 2.19 bits per heavy atom. The lowest BCUT2D eigenvalue weighted by Crippen LogP contribution is -2.33. The van der Waals surface area contributed by atoms with Crippen LogP contribution >= 0.6 is 23.6 Å². The van der Waals surface area contributed by atoms with Crippen molar-refractivity contribution in [3.05, 3.63) is 40.3 Å². The van der Waals surface area contributed by atoms with Gasteiger partial charge in [0.25, 0.3) is 5.91 Å². The largest absolute Gasteiger partial charge is 0.460 e. The quantitative estimate of drug-likeness (QED) is 0.665. The SMILES string of the molecule is CCOC(=O)c1ccc(NC(=S)NC(=O)c2cccs2)o1. The average Bonchev–Trinajstić information content (AvgIpc) is 3.09. The van der Waals surface area contributed by atoms with Crippen molar-refractivity contribution in [2.75, 3.05) is 11.9 Å². The number of esters is 1. The van der Waals surface area contributed by atoms with Gasteiger partial charge in [-0.3, -0.25) is 10.1 Å². The van der Waals surface area contributed by atoms with E-state index in [4.69, 9.17) is 21.4 Å². The fourth-order valence-corrected chi connectivity index (χ4v) is 2.24. The van der Waals surface area contributed by atoms with E-state index in [-0.39, 0.29) is 29.3 Å². The molecule has 1 amide bonds. The molecule has 0 saturated carbocycles. The second-order valence-electron chi connectivity index (χ2n) is 3.77. The van der Waals surface area contributed by atoms with Crippen LogP contribution in [0.25, 0.3) is 0 Å². The van der Waals surface area contributed by atoms with Crippen LogP contribution in [-0.4, -0.2) is 23.6 Å². The highest BCUT2D eigenvalue weighted by molar-refractivity contribution is 7.80. The highest BCUT2D eigenvalue weighted by Crippen LogP contribution is 2.14. The maximum Gasteiger partial charge on any atom is 0.374 e. The number of carbonyl (C=O) groups is 2. The van der Waals surface area contributed by atoms with E-state index in [2.05, 4.69) is 10.6 Å². The van der Waals surface area contributed by atoms with Crippen LogP contribution < -0.4 is 10.6 Å². The number of amides is 1. The molecular weight excluding hydrogens is 312 g/mol. The van der Waals surface area contributed by atoms with Crippen molar-refractivity contribution in [3.8, 4) is 0 Å². The average molecular weight is 324 g/mol. The summed E-state index contributed by atoms with van der Waals surface area (Å²) in [5.41, 5.74) is 0. The van der Waals surface area contributed by atoms with Gasteiger partial charge in [-0.05, 0) is 36.7 Å². The van der Waals surface area contributed by atoms with Crippen molar-refractivity contribution >= 4 is 46.4 Å². The molecule has 0 aromatic carbocycles. The predicted octanol–water partition coefficient (Wildman–Crippen LogP) is 2.64. The van der Waals surface area contributed by atoms with Gasteiger partial charge in [0.1, 0.15) is 0 Å². The maximum absolute atomic E-state index is 11.8. The minimum Gasteiger partial charge on any atom is -0.460 e. The Morgan fingerprint density at radius 1 is 1.38 bits per heavy atom. The number of anilines is 1. The number of thiocarbonyl (C=S) groups is 1. The summed E-state index contributed by atoms with van der Waals surface area (Å²) in [6, 6.07) is 6.45. The molecule has 0 spiro atoms. The maximum atomic E-state index is 11.8. The summed E-state index contributed by atoms with van der Waals surface area (Å²) in [5, 5.41) is 7.07. The van der Waals surface area contributed by atoms with Gasteiger partial charge >= 0.3 is 5.97 Å². The Balaban J connectivity index is 1.91. The third-order valence-corrected chi connectivity index (χ3v) is 3.36. The molecule has 2 N–H and O–H groups in total. The molecule has 21 heavy (non-hydrogen) atoms. The summed E-state index contributed by atoms with van der Waals surface area (Å²) < 4.78 is 10.0. The highest BCUT2D eigenvalue weighted by atomic mass is 32.1. The smallest absolute Gasteiger partial charge is 0.374 e. The van der Waals surface area contributed by atoms with Gasteiger partial charge < -0.3 is 14.5 Å². The molecule has 2 aromatic heterocycles. The first-order chi connectivity index (χ1) is 10.1. The minimum atomic E-state index is -0.556. The Kier molecular flexibility index (Phi) is 5.07. The number of nitrogens with one attached hydrogen (secondary N) is 2. The van der Waals surface area contributed by atoms with Gasteiger partial charge in [0.05, 0.1) is 11.5 Å². The molecule has 0 radical (unpaired) electrons. The van der Waals surface area contributed by atoms with Crippen LogP contribution in [0, 0.1) is 0 Å². The molecule has 2 heterocycles. The number of hydrogen-bond donors (Lipinski definition) is 2. The monoisotopic (exact) mass is 324 g/mol. The summed E-state index contributed by atoms with van der Waals surface area (Å²) in [4.78, 5) is 23.8. The third-order valence-electron chi connectivity index (χ3n) is 2.29. The zero-order valence-corrected chi connectivity index (χ0v) is 12.7. The first kappa shape index (κ1) is 15.2. The number of carbonyl (C=O) groups excluding carboxylic acids is 2. The van der Waals surface area contributed by atoms with Crippen LogP contribution in [0.2, 0.25) is 0 Å². The van der Waals surface area contributed by atoms with Crippen molar-refractivity contribution in [1.29, 1.82) is 0 Å². The topological polar surface area (TPSA) is 80.6 Å². The van der Waals surface area contributed by atoms with Crippen LogP contribution in [-0.2, 0) is 4.74 Å². The van der Waals surface area contributed by atoms with E-state index in [1.165, 1.54) is 23.5 Å². The van der Waals surface area contributed by atoms with Crippen molar-refractivity contribution in [1.82, 2.24) is 5.32 Å². The van der Waals surface area contributed by atoms with Crippen LogP contribution in [0.4, 0.5) is 5.88 Å². The van der Waals surface area contributed by atoms with E-state index in [1.54, 1.807) is 24.4 Å². The zero-order valence-electron chi connectivity index (χ0n) is 11.0. The molecule has 0 bridgehead atoms. The van der Waals surface area contributed by atoms with Gasteiger partial charge in [0.2, 0.25) is 5.76 Å². The van der Waals surface area contributed by atoms with Crippen LogP contribution in [0.3, 0.4) is 0 Å². The van der Waals surface area contributed by atoms with E-state index in [1.807, 2.05) is 0 Å². The fourth-order valence-electron chi connectivity index (χ4n) is 1.43. The zero-order chi connectivity index (χ0) is 15.2. The second-order valence-corrected chi connectivity index (χ2v) is 5.13. The standard InChI is InChI=1S/C13H12N2O4S2/c1-2-18-12(17)8-5-6-10(19-8)14-13(20)15-11(16)9-4-3-7-21-9/h3-7H,2H2,1H3,(H2,14,15,16,20). The van der Waals surface area contributed by atoms with Gasteiger partial charge in [0, 0.05) is 6.07 Å². The number of rotatable bonds is 4. The van der Waals surface area contributed by atoms with Gasteiger partial charge in [-0.1, -0.05) is 6.07 Å². The summed E-state index contributed by atoms with van der Waals surface area (Å²) in [6.07, 6.45) is 0. The fraction of sp³-hybridized carbons (Fsp3) is 0.154. The first-order valence-electron chi connectivity index (χ1n) is 6.03. The summed E-state index contributed by atoms with van der Waals surface area (Å²) in [7, 11) is 0. The van der Waals surface area contributed by atoms with Crippen LogP contribution in [0.5, 0.6) is 0 Å². The normalized spacial score (nSPS) is 9.95. The molecule has 0 aliphatic heterocycles. The lowest BCUT2D eigenvalue weighted by Gasteiger charge is -2.05. The van der Waals surface area contributed by atoms with Crippen LogP contribution in [0.1, 0.15) is 27.2 Å². The molecule has 0 atom stereocenters. The lowest BCUT2D eigenvalue weighted by atomic mass is 10.4.